The Morgan fingerprint density at radius 1 is 1.47 bits per heavy atom. The highest BCUT2D eigenvalue weighted by Crippen LogP contribution is 2.27. The van der Waals surface area contributed by atoms with Gasteiger partial charge in [-0.1, -0.05) is 6.92 Å². The normalized spacial score (nSPS) is 19.3. The van der Waals surface area contributed by atoms with E-state index >= 15 is 0 Å². The third-order valence-electron chi connectivity index (χ3n) is 3.58. The number of methoxy groups -OCH3 is 1. The van der Waals surface area contributed by atoms with Crippen molar-refractivity contribution < 1.29 is 9.53 Å². The number of nitrogens with zero attached hydrogens (tertiary/aromatic N) is 1. The van der Waals surface area contributed by atoms with Crippen LogP contribution in [0, 0.1) is 5.92 Å². The molecule has 3 nitrogen and oxygen atoms in total. The van der Waals surface area contributed by atoms with Crippen molar-refractivity contribution >= 4 is 17.7 Å². The minimum atomic E-state index is 0.0936. The molecule has 4 heteroatoms. The van der Waals surface area contributed by atoms with Crippen molar-refractivity contribution in [3.05, 3.63) is 23.8 Å². The number of carbonyl (C=O) groups is 1. The predicted molar refractivity (Wildman–Crippen MR) is 79.1 cm³/mol. The van der Waals surface area contributed by atoms with E-state index in [2.05, 4.69) is 6.92 Å². The van der Waals surface area contributed by atoms with Crippen molar-refractivity contribution in [2.45, 2.75) is 24.7 Å². The SMILES string of the molecule is COc1cc(SC)ccc1C(=O)N1CCCC(C)C1. The molecule has 0 aliphatic carbocycles. The molecular formula is C15H21NO2S. The molecule has 0 radical (unpaired) electrons. The molecule has 1 saturated heterocycles. The molecular weight excluding hydrogens is 258 g/mol. The van der Waals surface area contributed by atoms with E-state index in [1.165, 1.54) is 6.42 Å². The van der Waals surface area contributed by atoms with E-state index < -0.39 is 0 Å². The number of rotatable bonds is 3. The molecule has 1 aliphatic rings. The van der Waals surface area contributed by atoms with Gasteiger partial charge in [0.2, 0.25) is 0 Å². The van der Waals surface area contributed by atoms with Crippen LogP contribution in [0.15, 0.2) is 23.1 Å². The van der Waals surface area contributed by atoms with Gasteiger partial charge in [0.05, 0.1) is 12.7 Å². The maximum atomic E-state index is 12.6. The molecule has 1 heterocycles. The molecule has 1 fully saturated rings. The number of thioether (sulfide) groups is 1. The molecule has 1 amide bonds. The monoisotopic (exact) mass is 279 g/mol. The third-order valence-corrected chi connectivity index (χ3v) is 4.31. The van der Waals surface area contributed by atoms with Crippen LogP contribution in [0.2, 0.25) is 0 Å². The van der Waals surface area contributed by atoms with Gasteiger partial charge >= 0.3 is 0 Å². The first-order valence-corrected chi connectivity index (χ1v) is 7.89. The molecule has 0 saturated carbocycles. The van der Waals surface area contributed by atoms with Gasteiger partial charge in [-0.3, -0.25) is 4.79 Å². The van der Waals surface area contributed by atoms with Gasteiger partial charge < -0.3 is 9.64 Å². The summed E-state index contributed by atoms with van der Waals surface area (Å²) in [7, 11) is 1.62. The van der Waals surface area contributed by atoms with E-state index in [0.29, 0.717) is 17.2 Å². The topological polar surface area (TPSA) is 29.5 Å². The Balaban J connectivity index is 2.22. The number of hydrogen-bond acceptors (Lipinski definition) is 3. The van der Waals surface area contributed by atoms with Gasteiger partial charge in [0.15, 0.2) is 0 Å². The molecule has 19 heavy (non-hydrogen) atoms. The van der Waals surface area contributed by atoms with Crippen LogP contribution in [0.5, 0.6) is 5.75 Å². The quantitative estimate of drug-likeness (QED) is 0.795. The minimum absolute atomic E-state index is 0.0936. The predicted octanol–water partition coefficient (Wildman–Crippen LogP) is 3.29. The fourth-order valence-corrected chi connectivity index (χ4v) is 2.95. The Hall–Kier alpha value is -1.16. The van der Waals surface area contributed by atoms with E-state index in [4.69, 9.17) is 4.74 Å². The highest BCUT2D eigenvalue weighted by molar-refractivity contribution is 7.98. The second kappa shape index (κ2) is 6.33. The van der Waals surface area contributed by atoms with Gasteiger partial charge in [-0.25, -0.2) is 0 Å². The Morgan fingerprint density at radius 3 is 2.89 bits per heavy atom. The molecule has 0 spiro atoms. The van der Waals surface area contributed by atoms with Gasteiger partial charge in [0.25, 0.3) is 5.91 Å². The summed E-state index contributed by atoms with van der Waals surface area (Å²) in [6.45, 7) is 3.91. The van der Waals surface area contributed by atoms with Gasteiger partial charge in [-0.05, 0) is 43.2 Å². The fourth-order valence-electron chi connectivity index (χ4n) is 2.52. The lowest BCUT2D eigenvalue weighted by molar-refractivity contribution is 0.0679. The highest BCUT2D eigenvalue weighted by atomic mass is 32.2. The lowest BCUT2D eigenvalue weighted by Crippen LogP contribution is -2.39. The van der Waals surface area contributed by atoms with Crippen LogP contribution >= 0.6 is 11.8 Å². The van der Waals surface area contributed by atoms with Crippen LogP contribution in [0.25, 0.3) is 0 Å². The Kier molecular flexibility index (Phi) is 4.75. The summed E-state index contributed by atoms with van der Waals surface area (Å²) in [5.41, 5.74) is 0.675. The van der Waals surface area contributed by atoms with Gasteiger partial charge in [0.1, 0.15) is 5.75 Å². The number of piperidine rings is 1. The molecule has 1 aliphatic heterocycles. The standard InChI is InChI=1S/C15H21NO2S/c1-11-5-4-8-16(10-11)15(17)13-7-6-12(19-3)9-14(13)18-2/h6-7,9,11H,4-5,8,10H2,1-3H3. The molecule has 0 N–H and O–H groups in total. The molecule has 1 atom stereocenters. The summed E-state index contributed by atoms with van der Waals surface area (Å²) in [4.78, 5) is 15.6. The summed E-state index contributed by atoms with van der Waals surface area (Å²) in [5.74, 6) is 1.36. The van der Waals surface area contributed by atoms with Gasteiger partial charge in [-0.15, -0.1) is 11.8 Å². The summed E-state index contributed by atoms with van der Waals surface area (Å²) in [6.07, 6.45) is 4.33. The van der Waals surface area contributed by atoms with E-state index in [9.17, 15) is 4.79 Å². The van der Waals surface area contributed by atoms with E-state index in [0.717, 1.165) is 24.4 Å². The van der Waals surface area contributed by atoms with Crippen molar-refractivity contribution in [3.63, 3.8) is 0 Å². The minimum Gasteiger partial charge on any atom is -0.496 e. The summed E-state index contributed by atoms with van der Waals surface area (Å²) in [6, 6.07) is 5.80. The second-order valence-corrected chi connectivity index (χ2v) is 5.94. The first-order chi connectivity index (χ1) is 9.15. The number of likely N-dealkylation sites (tertiary alicyclic amines) is 1. The van der Waals surface area contributed by atoms with Crippen molar-refractivity contribution in [1.29, 1.82) is 0 Å². The Labute approximate surface area is 119 Å². The zero-order valence-corrected chi connectivity index (χ0v) is 12.6. The Morgan fingerprint density at radius 2 is 2.26 bits per heavy atom. The molecule has 2 rings (SSSR count). The first kappa shape index (κ1) is 14.3. The van der Waals surface area contributed by atoms with Crippen molar-refractivity contribution in [1.82, 2.24) is 4.90 Å². The van der Waals surface area contributed by atoms with Crippen LogP contribution in [-0.2, 0) is 0 Å². The van der Waals surface area contributed by atoms with E-state index in [-0.39, 0.29) is 5.91 Å². The van der Waals surface area contributed by atoms with Crippen LogP contribution in [-0.4, -0.2) is 37.3 Å². The summed E-state index contributed by atoms with van der Waals surface area (Å²) < 4.78 is 5.37. The summed E-state index contributed by atoms with van der Waals surface area (Å²) in [5, 5.41) is 0. The molecule has 1 aromatic carbocycles. The zero-order chi connectivity index (χ0) is 13.8. The average Bonchev–Trinajstić information content (AvgIpc) is 2.45. The van der Waals surface area contributed by atoms with Gasteiger partial charge in [0, 0.05) is 18.0 Å². The maximum absolute atomic E-state index is 12.6. The molecule has 0 bridgehead atoms. The summed E-state index contributed by atoms with van der Waals surface area (Å²) >= 11 is 1.65. The molecule has 1 unspecified atom stereocenters. The van der Waals surface area contributed by atoms with Crippen LogP contribution in [0.1, 0.15) is 30.1 Å². The Bertz CT molecular complexity index is 461. The maximum Gasteiger partial charge on any atom is 0.257 e. The molecule has 1 aromatic rings. The van der Waals surface area contributed by atoms with Crippen molar-refractivity contribution in [2.75, 3.05) is 26.5 Å². The third kappa shape index (κ3) is 3.24. The number of benzene rings is 1. The smallest absolute Gasteiger partial charge is 0.257 e. The van der Waals surface area contributed by atoms with E-state index in [1.807, 2.05) is 29.4 Å². The number of ether oxygens (including phenoxy) is 1. The zero-order valence-electron chi connectivity index (χ0n) is 11.8. The fraction of sp³-hybridized carbons (Fsp3) is 0.533. The van der Waals surface area contributed by atoms with E-state index in [1.54, 1.807) is 18.9 Å². The number of hydrogen-bond donors (Lipinski definition) is 0. The van der Waals surface area contributed by atoms with Crippen LogP contribution < -0.4 is 4.74 Å². The van der Waals surface area contributed by atoms with Crippen molar-refractivity contribution in [3.8, 4) is 5.75 Å². The largest absolute Gasteiger partial charge is 0.496 e. The van der Waals surface area contributed by atoms with Crippen molar-refractivity contribution in [2.24, 2.45) is 5.92 Å². The molecule has 0 aromatic heterocycles. The average molecular weight is 279 g/mol. The first-order valence-electron chi connectivity index (χ1n) is 6.67. The highest BCUT2D eigenvalue weighted by Gasteiger charge is 2.24. The lowest BCUT2D eigenvalue weighted by atomic mass is 9.99. The second-order valence-electron chi connectivity index (χ2n) is 5.06. The van der Waals surface area contributed by atoms with Crippen LogP contribution in [0.3, 0.4) is 0 Å². The van der Waals surface area contributed by atoms with Gasteiger partial charge in [-0.2, -0.15) is 0 Å². The lowest BCUT2D eigenvalue weighted by Gasteiger charge is -2.31. The number of carbonyl (C=O) groups excluding carboxylic acids is 1. The molecule has 104 valence electrons. The van der Waals surface area contributed by atoms with Crippen LogP contribution in [0.4, 0.5) is 0 Å². The number of amides is 1.